The maximum Gasteiger partial charge on any atom is 0.175 e. The molecule has 2 N–H and O–H groups in total. The summed E-state index contributed by atoms with van der Waals surface area (Å²) in [6.45, 7) is 2.72. The zero-order valence-corrected chi connectivity index (χ0v) is 16.9. The first-order chi connectivity index (χ1) is 12.5. The molecule has 1 heterocycles. The minimum Gasteiger partial charge on any atom is -0.495 e. The van der Waals surface area contributed by atoms with E-state index in [1.54, 1.807) is 13.3 Å². The molecule has 0 spiro atoms. The Labute approximate surface area is 166 Å². The Morgan fingerprint density at radius 1 is 1.19 bits per heavy atom. The average molecular weight is 431 g/mol. The monoisotopic (exact) mass is 430 g/mol. The van der Waals surface area contributed by atoms with Gasteiger partial charge in [-0.3, -0.25) is 4.68 Å². The van der Waals surface area contributed by atoms with Gasteiger partial charge >= 0.3 is 0 Å². The van der Waals surface area contributed by atoms with E-state index in [4.69, 9.17) is 17.0 Å². The van der Waals surface area contributed by atoms with Crippen LogP contribution < -0.4 is 15.4 Å². The Morgan fingerprint density at radius 2 is 1.96 bits per heavy atom. The summed E-state index contributed by atoms with van der Waals surface area (Å²) in [5, 5.41) is 11.2. The van der Waals surface area contributed by atoms with Crippen molar-refractivity contribution < 1.29 is 4.74 Å². The molecule has 1 aromatic heterocycles. The number of methoxy groups -OCH3 is 1. The van der Waals surface area contributed by atoms with Crippen LogP contribution in [0.1, 0.15) is 11.1 Å². The third kappa shape index (κ3) is 4.83. The molecule has 7 heteroatoms. The Balaban J connectivity index is 1.62. The van der Waals surface area contributed by atoms with Crippen LogP contribution >= 0.6 is 28.1 Å². The van der Waals surface area contributed by atoms with Crippen LogP contribution in [0.5, 0.6) is 5.75 Å². The number of hydrogen-bond acceptors (Lipinski definition) is 3. The van der Waals surface area contributed by atoms with Gasteiger partial charge in [-0.15, -0.1) is 0 Å². The Kier molecular flexibility index (Phi) is 5.90. The smallest absolute Gasteiger partial charge is 0.175 e. The second-order valence-electron chi connectivity index (χ2n) is 5.84. The van der Waals surface area contributed by atoms with Gasteiger partial charge in [-0.1, -0.05) is 34.1 Å². The molecule has 2 aromatic carbocycles. The lowest BCUT2D eigenvalue weighted by molar-refractivity contribution is 0.417. The summed E-state index contributed by atoms with van der Waals surface area (Å²) in [6, 6.07) is 14.1. The Bertz CT molecular complexity index is 908. The van der Waals surface area contributed by atoms with Crippen molar-refractivity contribution in [1.29, 1.82) is 0 Å². The van der Waals surface area contributed by atoms with Gasteiger partial charge in [0, 0.05) is 10.7 Å². The van der Waals surface area contributed by atoms with Crippen molar-refractivity contribution in [2.75, 3.05) is 17.7 Å². The van der Waals surface area contributed by atoms with Gasteiger partial charge in [0.25, 0.3) is 0 Å². The highest BCUT2D eigenvalue weighted by Gasteiger charge is 2.07. The van der Waals surface area contributed by atoms with Crippen LogP contribution in [-0.2, 0) is 6.54 Å². The molecule has 3 aromatic rings. The summed E-state index contributed by atoms with van der Waals surface area (Å²) >= 11 is 8.84. The molecule has 0 aliphatic heterocycles. The molecule has 0 aliphatic carbocycles. The van der Waals surface area contributed by atoms with Gasteiger partial charge in [0.15, 0.2) is 5.11 Å². The molecule has 0 saturated heterocycles. The molecule has 0 radical (unpaired) electrons. The Morgan fingerprint density at radius 3 is 2.69 bits per heavy atom. The number of nitrogens with zero attached hydrogens (tertiary/aromatic N) is 2. The second-order valence-corrected chi connectivity index (χ2v) is 7.16. The molecule has 0 aliphatic rings. The first-order valence-electron chi connectivity index (χ1n) is 8.03. The fourth-order valence-electron chi connectivity index (χ4n) is 2.50. The van der Waals surface area contributed by atoms with Gasteiger partial charge in [0.1, 0.15) is 5.75 Å². The van der Waals surface area contributed by atoms with Crippen LogP contribution in [0.2, 0.25) is 0 Å². The molecule has 0 saturated carbocycles. The van der Waals surface area contributed by atoms with E-state index in [1.807, 2.05) is 48.1 Å². The SMILES string of the molecule is COc1ccc(C)cc1NC(=S)Nc1cnn(Cc2ccc(Br)cc2)c1. The molecule has 0 atom stereocenters. The molecule has 0 fully saturated rings. The number of hydrogen-bond donors (Lipinski definition) is 2. The van der Waals surface area contributed by atoms with Gasteiger partial charge in [0.05, 0.1) is 31.2 Å². The van der Waals surface area contributed by atoms with Gasteiger partial charge in [-0.2, -0.15) is 5.10 Å². The summed E-state index contributed by atoms with van der Waals surface area (Å²) in [5.41, 5.74) is 3.95. The fraction of sp³-hybridized carbons (Fsp3) is 0.158. The van der Waals surface area contributed by atoms with E-state index >= 15 is 0 Å². The van der Waals surface area contributed by atoms with E-state index in [9.17, 15) is 0 Å². The van der Waals surface area contributed by atoms with Crippen LogP contribution in [0.4, 0.5) is 11.4 Å². The van der Waals surface area contributed by atoms with E-state index in [2.05, 4.69) is 43.8 Å². The van der Waals surface area contributed by atoms with Gasteiger partial charge < -0.3 is 15.4 Å². The van der Waals surface area contributed by atoms with Crippen LogP contribution in [0.25, 0.3) is 0 Å². The van der Waals surface area contributed by atoms with Crippen LogP contribution in [0, 0.1) is 6.92 Å². The lowest BCUT2D eigenvalue weighted by Gasteiger charge is -2.13. The predicted octanol–water partition coefficient (Wildman–Crippen LogP) is 4.82. The van der Waals surface area contributed by atoms with Crippen molar-refractivity contribution in [1.82, 2.24) is 9.78 Å². The highest BCUT2D eigenvalue weighted by molar-refractivity contribution is 9.10. The minimum absolute atomic E-state index is 0.483. The number of nitrogens with one attached hydrogen (secondary N) is 2. The highest BCUT2D eigenvalue weighted by Crippen LogP contribution is 2.25. The summed E-state index contributed by atoms with van der Waals surface area (Å²) in [5.74, 6) is 0.741. The standard InChI is InChI=1S/C19H19BrN4OS/c1-13-3-8-18(25-2)17(9-13)23-19(26)22-16-10-21-24(12-16)11-14-4-6-15(20)7-5-14/h3-10,12H,11H2,1-2H3,(H2,22,23,26). The lowest BCUT2D eigenvalue weighted by atomic mass is 10.2. The fourth-order valence-corrected chi connectivity index (χ4v) is 2.99. The molecule has 0 bridgehead atoms. The summed E-state index contributed by atoms with van der Waals surface area (Å²) in [6.07, 6.45) is 3.67. The van der Waals surface area contributed by atoms with Crippen molar-refractivity contribution in [3.05, 3.63) is 70.5 Å². The molecular weight excluding hydrogens is 412 g/mol. The van der Waals surface area contributed by atoms with Gasteiger partial charge in [-0.05, 0) is 54.5 Å². The Hall–Kier alpha value is -2.38. The molecular formula is C19H19BrN4OS. The lowest BCUT2D eigenvalue weighted by Crippen LogP contribution is -2.19. The van der Waals surface area contributed by atoms with E-state index in [1.165, 1.54) is 5.56 Å². The number of rotatable bonds is 5. The van der Waals surface area contributed by atoms with Crippen LogP contribution in [-0.4, -0.2) is 22.0 Å². The first kappa shape index (κ1) is 18.4. The van der Waals surface area contributed by atoms with Crippen molar-refractivity contribution in [3.63, 3.8) is 0 Å². The second kappa shape index (κ2) is 8.33. The maximum absolute atomic E-state index is 5.40. The average Bonchev–Trinajstić information content (AvgIpc) is 3.04. The van der Waals surface area contributed by atoms with Crippen molar-refractivity contribution >= 4 is 44.6 Å². The summed E-state index contributed by atoms with van der Waals surface area (Å²) in [4.78, 5) is 0. The maximum atomic E-state index is 5.40. The van der Waals surface area contributed by atoms with E-state index < -0.39 is 0 Å². The number of thiocarbonyl (C=S) groups is 1. The minimum atomic E-state index is 0.483. The number of aryl methyl sites for hydroxylation is 1. The molecule has 5 nitrogen and oxygen atoms in total. The van der Waals surface area contributed by atoms with Crippen molar-refractivity contribution in [2.24, 2.45) is 0 Å². The van der Waals surface area contributed by atoms with Crippen LogP contribution in [0.3, 0.4) is 0 Å². The summed E-state index contributed by atoms with van der Waals surface area (Å²) in [7, 11) is 1.64. The number of ether oxygens (including phenoxy) is 1. The molecule has 0 amide bonds. The van der Waals surface area contributed by atoms with Crippen molar-refractivity contribution in [3.8, 4) is 5.75 Å². The van der Waals surface area contributed by atoms with Gasteiger partial charge in [0.2, 0.25) is 0 Å². The normalized spacial score (nSPS) is 10.4. The van der Waals surface area contributed by atoms with Crippen molar-refractivity contribution in [2.45, 2.75) is 13.5 Å². The third-order valence-electron chi connectivity index (χ3n) is 3.75. The van der Waals surface area contributed by atoms with Gasteiger partial charge in [-0.25, -0.2) is 0 Å². The largest absolute Gasteiger partial charge is 0.495 e. The number of aromatic nitrogens is 2. The topological polar surface area (TPSA) is 51.1 Å². The quantitative estimate of drug-likeness (QED) is 0.568. The summed E-state index contributed by atoms with van der Waals surface area (Å²) < 4.78 is 8.29. The highest BCUT2D eigenvalue weighted by atomic mass is 79.9. The van der Waals surface area contributed by atoms with E-state index in [-0.39, 0.29) is 0 Å². The van der Waals surface area contributed by atoms with E-state index in [0.29, 0.717) is 11.7 Å². The van der Waals surface area contributed by atoms with E-state index in [0.717, 1.165) is 27.2 Å². The number of halogens is 1. The number of anilines is 2. The first-order valence-corrected chi connectivity index (χ1v) is 9.23. The molecule has 134 valence electrons. The number of benzene rings is 2. The zero-order chi connectivity index (χ0) is 18.5. The third-order valence-corrected chi connectivity index (χ3v) is 4.48. The molecule has 26 heavy (non-hydrogen) atoms. The molecule has 3 rings (SSSR count). The molecule has 0 unspecified atom stereocenters. The zero-order valence-electron chi connectivity index (χ0n) is 14.5. The predicted molar refractivity (Wildman–Crippen MR) is 113 cm³/mol. The van der Waals surface area contributed by atoms with Crippen LogP contribution in [0.15, 0.2) is 59.3 Å².